The van der Waals surface area contributed by atoms with Crippen molar-refractivity contribution in [2.24, 2.45) is 5.73 Å². The minimum atomic E-state index is -1.91. The highest BCUT2D eigenvalue weighted by Gasteiger charge is 2.38. The molecule has 4 aromatic rings. The lowest BCUT2D eigenvalue weighted by Gasteiger charge is -2.33. The molecule has 100 heavy (non-hydrogen) atoms. The van der Waals surface area contributed by atoms with E-state index in [2.05, 4.69) is 47.5 Å². The van der Waals surface area contributed by atoms with E-state index in [1.165, 1.54) is 24.3 Å². The second-order valence-corrected chi connectivity index (χ2v) is 27.0. The van der Waals surface area contributed by atoms with Crippen LogP contribution in [-0.2, 0) is 76.8 Å². The molecule has 2 aliphatic heterocycles. The molecule has 18 N–H and O–H groups in total. The number of benzene rings is 3. The number of carbonyl (C=O) groups is 12. The van der Waals surface area contributed by atoms with E-state index in [0.29, 0.717) is 34.0 Å². The smallest absolute Gasteiger partial charge is 0.328 e. The molecule has 1 aromatic heterocycles. The molecule has 546 valence electrons. The highest BCUT2D eigenvalue weighted by molar-refractivity contribution is 8.76. The number of carboxylic acids is 4. The molecule has 0 bridgehead atoms. The molecular weight excluding hydrogens is 1340 g/mol. The standard InChI is InChI=1S/C65H90N14O19S2/c1-38(80)56-64(96)73-51(63(95)75-57(39(2)81)65(97)98)37-100-99-36-50(72-59(91)47(28-40-10-4-3-5-11-40)68-52(83)32-76-20-22-77(33-53(84)85)24-26-79(35-55(88)89)27-25-78(23-21-76)34-54(86)87)62(94)70-48(29-41-15-17-43(82)18-16-41)60(92)71-49(30-42-31-67-45-13-7-6-12-44(42)45)61(93)69-46(58(90)74-56)14-8-9-19-66/h3-7,10-13,15-18,31,38-39,46-51,56-57,67,80-82H,8-9,14,19-30,32-37,66H2,1-2H3,(H,68,83)(H,69,93)(H,70,94)(H,71,92)(H,72,91)(H,73,96)(H,74,90)(H,75,95)(H,84,85)(H,86,87)(H,88,89)(H,97,98)/t38-,39-,46+,47-,48-,49-,50+,51+,56+,57+/m1/s1. The summed E-state index contributed by atoms with van der Waals surface area (Å²) in [6.45, 7) is 1.38. The first-order chi connectivity index (χ1) is 47.7. The Hall–Kier alpha value is -8.94. The van der Waals surface area contributed by atoms with Gasteiger partial charge in [-0.25, -0.2) is 4.79 Å². The topological polar surface area (TPSA) is 497 Å². The number of fused-ring (bicyclic) bond motifs is 1. The Kier molecular flexibility index (Phi) is 32.3. The molecule has 3 heterocycles. The van der Waals surface area contributed by atoms with Crippen LogP contribution in [-0.4, -0.2) is 289 Å². The Labute approximate surface area is 584 Å². The molecule has 6 rings (SSSR count). The average molecular weight is 1440 g/mol. The third kappa shape index (κ3) is 26.6. The van der Waals surface area contributed by atoms with Crippen LogP contribution in [0.5, 0.6) is 5.75 Å². The van der Waals surface area contributed by atoms with Crippen LogP contribution in [0.15, 0.2) is 85.1 Å². The number of rotatable bonds is 26. The van der Waals surface area contributed by atoms with Gasteiger partial charge < -0.3 is 89.0 Å². The highest BCUT2D eigenvalue weighted by atomic mass is 33.1. The lowest BCUT2D eigenvalue weighted by molar-refractivity contribution is -0.145. The molecule has 0 spiro atoms. The first-order valence-electron chi connectivity index (χ1n) is 32.5. The third-order valence-corrected chi connectivity index (χ3v) is 19.0. The molecule has 0 radical (unpaired) electrons. The fourth-order valence-corrected chi connectivity index (χ4v) is 13.4. The van der Waals surface area contributed by atoms with Gasteiger partial charge >= 0.3 is 23.9 Å². The van der Waals surface area contributed by atoms with Crippen molar-refractivity contribution in [3.05, 3.63) is 102 Å². The fraction of sp³-hybridized carbons (Fsp3) is 0.508. The van der Waals surface area contributed by atoms with Crippen molar-refractivity contribution in [1.82, 2.24) is 67.1 Å². The van der Waals surface area contributed by atoms with Crippen molar-refractivity contribution in [3.63, 3.8) is 0 Å². The van der Waals surface area contributed by atoms with E-state index in [9.17, 15) is 78.9 Å². The van der Waals surface area contributed by atoms with Gasteiger partial charge in [0.25, 0.3) is 0 Å². The van der Waals surface area contributed by atoms with Gasteiger partial charge in [-0.3, -0.25) is 72.3 Å². The molecule has 0 aliphatic carbocycles. The zero-order valence-electron chi connectivity index (χ0n) is 55.4. The van der Waals surface area contributed by atoms with Gasteiger partial charge in [-0.1, -0.05) is 82.3 Å². The number of unbranched alkanes of at least 4 members (excludes halogenated alkanes) is 1. The summed E-state index contributed by atoms with van der Waals surface area (Å²) in [4.78, 5) is 176. The number of aromatic amines is 1. The number of aliphatic hydroxyl groups excluding tert-OH is 2. The van der Waals surface area contributed by atoms with Crippen LogP contribution in [0, 0.1) is 0 Å². The summed E-state index contributed by atoms with van der Waals surface area (Å²) in [7, 11) is 1.66. The SMILES string of the molecule is C[C@@H](O)[C@H](NC(=O)[C@@H]1CSSC[C@H](NC(=O)[C@@H](Cc2ccccc2)NC(=O)CN2CCN(CC(=O)O)CCN(CC(=O)O)CCN(CC(=O)O)CC2)C(=O)N[C@H](Cc2ccc(O)cc2)C(=O)N[C@H](Cc2c[nH]c3ccccc23)C(=O)N[C@@H](CCCCN)C(=O)N[C@@H]([C@@H](C)O)C(=O)N1)C(=O)O. The number of aliphatic carboxylic acids is 4. The molecule has 0 saturated carbocycles. The van der Waals surface area contributed by atoms with Gasteiger partial charge in [0.05, 0.1) is 38.4 Å². The number of nitrogens with one attached hydrogen (secondary N) is 9. The number of carbonyl (C=O) groups excluding carboxylic acids is 8. The van der Waals surface area contributed by atoms with Crippen LogP contribution in [0.1, 0.15) is 49.8 Å². The number of amides is 8. The summed E-state index contributed by atoms with van der Waals surface area (Å²) in [5.74, 6) is -14.0. The van der Waals surface area contributed by atoms with E-state index in [-0.39, 0.29) is 103 Å². The number of nitrogens with two attached hydrogens (primary N) is 1. The second-order valence-electron chi connectivity index (χ2n) is 24.5. The van der Waals surface area contributed by atoms with Gasteiger partial charge in [-0.2, -0.15) is 0 Å². The van der Waals surface area contributed by atoms with Gasteiger partial charge in [-0.05, 0) is 74.5 Å². The van der Waals surface area contributed by atoms with Crippen LogP contribution in [0.2, 0.25) is 0 Å². The number of hydrogen-bond donors (Lipinski definition) is 17. The molecule has 0 unspecified atom stereocenters. The number of aromatic nitrogens is 1. The zero-order chi connectivity index (χ0) is 73.0. The van der Waals surface area contributed by atoms with Crippen LogP contribution in [0.4, 0.5) is 0 Å². The number of H-pyrrole nitrogens is 1. The summed E-state index contributed by atoms with van der Waals surface area (Å²) in [6, 6.07) is 7.92. The van der Waals surface area contributed by atoms with Gasteiger partial charge in [0.1, 0.15) is 48.0 Å². The number of phenolic OH excluding ortho intramolecular Hbond substituents is 1. The first-order valence-corrected chi connectivity index (χ1v) is 35.0. The normalized spacial score (nSPS) is 21.9. The van der Waals surface area contributed by atoms with E-state index in [1.54, 1.807) is 80.4 Å². The molecular formula is C65H90N14O19S2. The maximum absolute atomic E-state index is 15.3. The maximum atomic E-state index is 15.3. The summed E-state index contributed by atoms with van der Waals surface area (Å²) >= 11 is 0. The molecule has 10 atom stereocenters. The van der Waals surface area contributed by atoms with Gasteiger partial charge in [0, 0.05) is 100 Å². The molecule has 33 nitrogen and oxygen atoms in total. The van der Waals surface area contributed by atoms with Crippen molar-refractivity contribution >= 4 is 104 Å². The number of hydrogen-bond acceptors (Lipinski definition) is 22. The van der Waals surface area contributed by atoms with Crippen molar-refractivity contribution in [1.29, 1.82) is 0 Å². The number of phenols is 1. The second kappa shape index (κ2) is 40.3. The largest absolute Gasteiger partial charge is 0.508 e. The number of para-hydroxylation sites is 1. The first kappa shape index (κ1) is 80.0. The Morgan fingerprint density at radius 3 is 1.65 bits per heavy atom. The molecule has 2 saturated heterocycles. The van der Waals surface area contributed by atoms with Crippen LogP contribution in [0.3, 0.4) is 0 Å². The number of carboxylic acid groups (broad SMARTS) is 4. The van der Waals surface area contributed by atoms with Gasteiger partial charge in [0.2, 0.25) is 47.3 Å². The van der Waals surface area contributed by atoms with Gasteiger partial charge in [-0.15, -0.1) is 0 Å². The molecule has 2 fully saturated rings. The van der Waals surface area contributed by atoms with Gasteiger partial charge in [0.15, 0.2) is 6.04 Å². The summed E-state index contributed by atoms with van der Waals surface area (Å²) in [5.41, 5.74) is 7.96. The van der Waals surface area contributed by atoms with Crippen molar-refractivity contribution in [2.75, 3.05) is 96.6 Å². The quantitative estimate of drug-likeness (QED) is 0.0215. The van der Waals surface area contributed by atoms with E-state index >= 15 is 14.4 Å². The number of aliphatic hydroxyl groups is 2. The summed E-state index contributed by atoms with van der Waals surface area (Å²) in [6.07, 6.45) is -1.92. The van der Waals surface area contributed by atoms with Crippen LogP contribution < -0.4 is 48.3 Å². The molecule has 3 aromatic carbocycles. The predicted octanol–water partition coefficient (Wildman–Crippen LogP) is -3.37. The third-order valence-electron chi connectivity index (χ3n) is 16.6. The average Bonchev–Trinajstić information content (AvgIpc) is 1.59. The van der Waals surface area contributed by atoms with Crippen molar-refractivity contribution in [2.45, 2.75) is 113 Å². The molecule has 8 amide bonds. The van der Waals surface area contributed by atoms with Crippen LogP contribution >= 0.6 is 21.6 Å². The number of nitrogens with zero attached hydrogens (tertiary/aromatic N) is 4. The highest BCUT2D eigenvalue weighted by Crippen LogP contribution is 2.25. The Balaban J connectivity index is 1.41. The minimum Gasteiger partial charge on any atom is -0.508 e. The monoisotopic (exact) mass is 1430 g/mol. The predicted molar refractivity (Wildman–Crippen MR) is 367 cm³/mol. The summed E-state index contributed by atoms with van der Waals surface area (Å²) < 4.78 is 0. The Morgan fingerprint density at radius 1 is 0.580 bits per heavy atom. The number of aromatic hydroxyl groups is 1. The Morgan fingerprint density at radius 2 is 1.10 bits per heavy atom. The van der Waals surface area contributed by atoms with E-state index in [4.69, 9.17) is 5.73 Å². The van der Waals surface area contributed by atoms with E-state index in [1.807, 2.05) is 0 Å². The van der Waals surface area contributed by atoms with Crippen molar-refractivity contribution in [3.8, 4) is 5.75 Å². The fourth-order valence-electron chi connectivity index (χ4n) is 11.1. The minimum absolute atomic E-state index is 0.0426. The molecule has 35 heteroatoms. The van der Waals surface area contributed by atoms with E-state index < -0.39 is 163 Å². The zero-order valence-corrected chi connectivity index (χ0v) is 57.1. The lowest BCUT2D eigenvalue weighted by atomic mass is 10.0. The summed E-state index contributed by atoms with van der Waals surface area (Å²) in [5, 5.41) is 92.4. The van der Waals surface area contributed by atoms with Crippen LogP contribution in [0.25, 0.3) is 10.9 Å². The van der Waals surface area contributed by atoms with E-state index in [0.717, 1.165) is 35.4 Å². The molecule has 2 aliphatic rings. The lowest BCUT2D eigenvalue weighted by Crippen LogP contribution is -2.62. The Bertz CT molecular complexity index is 3410. The maximum Gasteiger partial charge on any atom is 0.328 e. The van der Waals surface area contributed by atoms with Crippen molar-refractivity contribution < 1.29 is 93.3 Å².